The predicted molar refractivity (Wildman–Crippen MR) is 88.7 cm³/mol. The summed E-state index contributed by atoms with van der Waals surface area (Å²) in [6, 6.07) is 7.64. The van der Waals surface area contributed by atoms with Crippen molar-refractivity contribution in [2.24, 2.45) is 5.10 Å². The van der Waals surface area contributed by atoms with Crippen LogP contribution in [0.5, 0.6) is 11.5 Å². The van der Waals surface area contributed by atoms with Crippen molar-refractivity contribution in [2.45, 2.75) is 6.92 Å². The number of hydrogen-bond donors (Lipinski definition) is 2. The van der Waals surface area contributed by atoms with Crippen molar-refractivity contribution in [3.05, 3.63) is 56.6 Å². The van der Waals surface area contributed by atoms with E-state index in [2.05, 4.69) is 10.5 Å². The topological polar surface area (TPSA) is 97.0 Å². The van der Waals surface area contributed by atoms with E-state index in [1.165, 1.54) is 19.4 Å². The minimum atomic E-state index is -0.577. The Kier molecular flexibility index (Phi) is 5.02. The van der Waals surface area contributed by atoms with Crippen LogP contribution in [-0.4, -0.2) is 23.4 Å². The van der Waals surface area contributed by atoms with Crippen LogP contribution < -0.4 is 10.2 Å². The first-order chi connectivity index (χ1) is 10.9. The van der Waals surface area contributed by atoms with Crippen LogP contribution in [0.4, 0.5) is 11.4 Å². The van der Waals surface area contributed by atoms with Gasteiger partial charge in [0.2, 0.25) is 0 Å². The Morgan fingerprint density at radius 1 is 1.39 bits per heavy atom. The largest absolute Gasteiger partial charge is 0.504 e. The van der Waals surface area contributed by atoms with Crippen molar-refractivity contribution >= 4 is 29.2 Å². The molecule has 0 aliphatic carbocycles. The van der Waals surface area contributed by atoms with Gasteiger partial charge in [-0.3, -0.25) is 15.5 Å². The van der Waals surface area contributed by atoms with Gasteiger partial charge in [-0.15, -0.1) is 0 Å². The SMILES string of the molecule is COc1cc([N+](=O)[O-])c(C=NNc2ccc(C)c(Cl)c2)cc1O. The van der Waals surface area contributed by atoms with Gasteiger partial charge in [0.1, 0.15) is 0 Å². The van der Waals surface area contributed by atoms with Crippen LogP contribution >= 0.6 is 11.6 Å². The molecule has 0 unspecified atom stereocenters. The summed E-state index contributed by atoms with van der Waals surface area (Å²) in [5.74, 6) is -0.190. The van der Waals surface area contributed by atoms with Crippen molar-refractivity contribution in [2.75, 3.05) is 12.5 Å². The van der Waals surface area contributed by atoms with Crippen LogP contribution in [-0.2, 0) is 0 Å². The summed E-state index contributed by atoms with van der Waals surface area (Å²) in [6.45, 7) is 1.87. The van der Waals surface area contributed by atoms with E-state index in [4.69, 9.17) is 16.3 Å². The van der Waals surface area contributed by atoms with Gasteiger partial charge in [0.05, 0.1) is 35.6 Å². The normalized spacial score (nSPS) is 10.7. The molecule has 0 saturated carbocycles. The number of methoxy groups -OCH3 is 1. The van der Waals surface area contributed by atoms with Gasteiger partial charge < -0.3 is 9.84 Å². The van der Waals surface area contributed by atoms with Gasteiger partial charge in [-0.2, -0.15) is 5.10 Å². The third kappa shape index (κ3) is 3.89. The standard InChI is InChI=1S/C15H14ClN3O4/c1-9-3-4-11(6-12(9)16)18-17-8-10-5-14(20)15(23-2)7-13(10)19(21)22/h3-8,18,20H,1-2H3. The van der Waals surface area contributed by atoms with Gasteiger partial charge in [-0.1, -0.05) is 17.7 Å². The highest BCUT2D eigenvalue weighted by molar-refractivity contribution is 6.31. The summed E-state index contributed by atoms with van der Waals surface area (Å²) >= 11 is 6.00. The van der Waals surface area contributed by atoms with E-state index in [-0.39, 0.29) is 22.7 Å². The Labute approximate surface area is 137 Å². The first-order valence-electron chi connectivity index (χ1n) is 6.53. The van der Waals surface area contributed by atoms with Gasteiger partial charge in [-0.05, 0) is 30.7 Å². The fourth-order valence-corrected chi connectivity index (χ4v) is 2.02. The molecule has 2 aromatic rings. The lowest BCUT2D eigenvalue weighted by Gasteiger charge is -2.05. The van der Waals surface area contributed by atoms with Crippen LogP contribution in [0.25, 0.3) is 0 Å². The first kappa shape index (κ1) is 16.6. The molecule has 0 aromatic heterocycles. The molecule has 2 aromatic carbocycles. The molecular weight excluding hydrogens is 322 g/mol. The van der Waals surface area contributed by atoms with E-state index >= 15 is 0 Å². The summed E-state index contributed by atoms with van der Waals surface area (Å²) in [6.07, 6.45) is 1.24. The summed E-state index contributed by atoms with van der Waals surface area (Å²) in [4.78, 5) is 10.5. The molecule has 0 spiro atoms. The lowest BCUT2D eigenvalue weighted by atomic mass is 10.1. The van der Waals surface area contributed by atoms with Gasteiger partial charge >= 0.3 is 0 Å². The molecule has 7 nitrogen and oxygen atoms in total. The molecule has 0 radical (unpaired) electrons. The molecule has 23 heavy (non-hydrogen) atoms. The zero-order valence-corrected chi connectivity index (χ0v) is 13.2. The Morgan fingerprint density at radius 3 is 2.74 bits per heavy atom. The lowest BCUT2D eigenvalue weighted by molar-refractivity contribution is -0.385. The first-order valence-corrected chi connectivity index (χ1v) is 6.90. The van der Waals surface area contributed by atoms with Crippen LogP contribution in [0, 0.1) is 17.0 Å². The zero-order chi connectivity index (χ0) is 17.0. The molecule has 0 aliphatic rings. The number of hydrazone groups is 1. The van der Waals surface area contributed by atoms with Gasteiger partial charge in [0.25, 0.3) is 5.69 Å². The van der Waals surface area contributed by atoms with E-state index in [0.29, 0.717) is 10.7 Å². The number of nitro groups is 1. The fourth-order valence-electron chi connectivity index (χ4n) is 1.84. The van der Waals surface area contributed by atoms with E-state index in [9.17, 15) is 15.2 Å². The molecule has 0 aliphatic heterocycles. The number of nitrogens with one attached hydrogen (secondary N) is 1. The number of rotatable bonds is 5. The molecule has 120 valence electrons. The number of ether oxygens (including phenoxy) is 1. The molecular formula is C15H14ClN3O4. The number of anilines is 1. The van der Waals surface area contributed by atoms with Crippen molar-refractivity contribution in [3.8, 4) is 11.5 Å². The van der Waals surface area contributed by atoms with Crippen LogP contribution in [0.2, 0.25) is 5.02 Å². The van der Waals surface area contributed by atoms with Crippen molar-refractivity contribution in [3.63, 3.8) is 0 Å². The second kappa shape index (κ2) is 6.97. The molecule has 0 fully saturated rings. The maximum absolute atomic E-state index is 11.1. The minimum absolute atomic E-state index is 0.0205. The number of nitro benzene ring substituents is 1. The van der Waals surface area contributed by atoms with E-state index < -0.39 is 4.92 Å². The summed E-state index contributed by atoms with van der Waals surface area (Å²) in [5, 5.41) is 25.3. The number of benzene rings is 2. The maximum atomic E-state index is 11.1. The second-order valence-corrected chi connectivity index (χ2v) is 5.08. The second-order valence-electron chi connectivity index (χ2n) is 4.67. The monoisotopic (exact) mass is 335 g/mol. The van der Waals surface area contributed by atoms with Gasteiger partial charge in [0, 0.05) is 5.02 Å². The Morgan fingerprint density at radius 2 is 2.13 bits per heavy atom. The minimum Gasteiger partial charge on any atom is -0.504 e. The van der Waals surface area contributed by atoms with Crippen molar-refractivity contribution in [1.82, 2.24) is 0 Å². The number of phenols is 1. The van der Waals surface area contributed by atoms with E-state index in [0.717, 1.165) is 11.6 Å². The molecule has 0 saturated heterocycles. The number of nitrogens with zero attached hydrogens (tertiary/aromatic N) is 2. The average molecular weight is 336 g/mol. The molecule has 0 atom stereocenters. The van der Waals surface area contributed by atoms with Crippen LogP contribution in [0.1, 0.15) is 11.1 Å². The van der Waals surface area contributed by atoms with Crippen LogP contribution in [0.15, 0.2) is 35.4 Å². The number of hydrogen-bond acceptors (Lipinski definition) is 6. The maximum Gasteiger partial charge on any atom is 0.282 e. The average Bonchev–Trinajstić information content (AvgIpc) is 2.50. The molecule has 0 heterocycles. The quantitative estimate of drug-likeness (QED) is 0.493. The Hall–Kier alpha value is -2.80. The highest BCUT2D eigenvalue weighted by Crippen LogP contribution is 2.32. The molecule has 0 bridgehead atoms. The summed E-state index contributed by atoms with van der Waals surface area (Å²) in [7, 11) is 1.31. The number of aromatic hydroxyl groups is 1. The molecule has 2 N–H and O–H groups in total. The number of halogens is 1. The van der Waals surface area contributed by atoms with E-state index in [1.807, 2.05) is 13.0 Å². The third-order valence-electron chi connectivity index (χ3n) is 3.09. The highest BCUT2D eigenvalue weighted by Gasteiger charge is 2.17. The van der Waals surface area contributed by atoms with Crippen LogP contribution in [0.3, 0.4) is 0 Å². The Bertz CT molecular complexity index is 778. The molecule has 0 amide bonds. The highest BCUT2D eigenvalue weighted by atomic mass is 35.5. The Balaban J connectivity index is 2.26. The van der Waals surface area contributed by atoms with E-state index in [1.54, 1.807) is 12.1 Å². The van der Waals surface area contributed by atoms with Crippen molar-refractivity contribution < 1.29 is 14.8 Å². The predicted octanol–water partition coefficient (Wildman–Crippen LogP) is 3.72. The third-order valence-corrected chi connectivity index (χ3v) is 3.50. The van der Waals surface area contributed by atoms with Gasteiger partial charge in [0.15, 0.2) is 11.5 Å². The number of aryl methyl sites for hydroxylation is 1. The molecule has 2 rings (SSSR count). The van der Waals surface area contributed by atoms with Gasteiger partial charge in [-0.25, -0.2) is 0 Å². The summed E-state index contributed by atoms with van der Waals surface area (Å²) in [5.41, 5.74) is 4.20. The molecule has 8 heteroatoms. The summed E-state index contributed by atoms with van der Waals surface area (Å²) < 4.78 is 4.86. The zero-order valence-electron chi connectivity index (χ0n) is 12.4. The number of phenolic OH excluding ortho intramolecular Hbond substituents is 1. The lowest BCUT2D eigenvalue weighted by Crippen LogP contribution is -1.98. The van der Waals surface area contributed by atoms with Crippen molar-refractivity contribution in [1.29, 1.82) is 0 Å². The fraction of sp³-hybridized carbons (Fsp3) is 0.133. The smallest absolute Gasteiger partial charge is 0.282 e.